The third-order valence-electron chi connectivity index (χ3n) is 2.91. The molecule has 0 aliphatic rings. The average molecular weight is 260 g/mol. The van der Waals surface area contributed by atoms with Gasteiger partial charge in [-0.1, -0.05) is 45.0 Å². The Morgan fingerprint density at radius 3 is 2.37 bits per heavy atom. The van der Waals surface area contributed by atoms with Crippen LogP contribution in [0.25, 0.3) is 0 Å². The van der Waals surface area contributed by atoms with E-state index in [1.165, 1.54) is 5.56 Å². The zero-order valence-corrected chi connectivity index (χ0v) is 11.9. The van der Waals surface area contributed by atoms with Crippen molar-refractivity contribution in [2.24, 2.45) is 0 Å². The number of hydrogen-bond donors (Lipinski definition) is 0. The van der Waals surface area contributed by atoms with Gasteiger partial charge in [0.2, 0.25) is 0 Å². The van der Waals surface area contributed by atoms with Crippen molar-refractivity contribution in [1.29, 1.82) is 0 Å². The third kappa shape index (κ3) is 3.56. The van der Waals surface area contributed by atoms with E-state index in [4.69, 9.17) is 9.26 Å². The van der Waals surface area contributed by atoms with Crippen molar-refractivity contribution in [1.82, 2.24) is 10.1 Å². The molecular weight excluding hydrogens is 240 g/mol. The van der Waals surface area contributed by atoms with E-state index in [2.05, 4.69) is 43.0 Å². The Morgan fingerprint density at radius 2 is 1.84 bits per heavy atom. The Hall–Kier alpha value is -1.84. The van der Waals surface area contributed by atoms with E-state index in [0.717, 1.165) is 12.2 Å². The lowest BCUT2D eigenvalue weighted by atomic mass is 9.87. The Kier molecular flexibility index (Phi) is 3.88. The molecule has 0 fully saturated rings. The van der Waals surface area contributed by atoms with E-state index in [1.807, 2.05) is 19.1 Å². The van der Waals surface area contributed by atoms with E-state index in [-0.39, 0.29) is 5.41 Å². The van der Waals surface area contributed by atoms with Gasteiger partial charge in [-0.3, -0.25) is 0 Å². The van der Waals surface area contributed by atoms with Crippen molar-refractivity contribution >= 4 is 0 Å². The molecule has 0 aliphatic carbocycles. The molecule has 0 amide bonds. The predicted molar refractivity (Wildman–Crippen MR) is 73.2 cm³/mol. The molecule has 2 aromatic rings. The Labute approximate surface area is 113 Å². The summed E-state index contributed by atoms with van der Waals surface area (Å²) >= 11 is 0. The van der Waals surface area contributed by atoms with Crippen molar-refractivity contribution in [3.05, 3.63) is 41.5 Å². The topological polar surface area (TPSA) is 48.2 Å². The normalized spacial score (nSPS) is 11.6. The van der Waals surface area contributed by atoms with Gasteiger partial charge in [-0.25, -0.2) is 0 Å². The van der Waals surface area contributed by atoms with Gasteiger partial charge in [0.25, 0.3) is 5.89 Å². The fourth-order valence-electron chi connectivity index (χ4n) is 1.69. The standard InChI is InChI=1S/C15H20N2O2/c1-5-13-16-14(19-17-13)10-18-12-8-6-11(7-9-12)15(2,3)4/h6-9H,5,10H2,1-4H3. The van der Waals surface area contributed by atoms with Crippen LogP contribution in [0.4, 0.5) is 0 Å². The van der Waals surface area contributed by atoms with Crippen LogP contribution in [-0.2, 0) is 18.4 Å². The highest BCUT2D eigenvalue weighted by Gasteiger charge is 2.13. The molecule has 4 heteroatoms. The van der Waals surface area contributed by atoms with Crippen molar-refractivity contribution in [2.75, 3.05) is 0 Å². The number of hydrogen-bond acceptors (Lipinski definition) is 4. The molecule has 0 radical (unpaired) electrons. The number of benzene rings is 1. The maximum absolute atomic E-state index is 5.62. The van der Waals surface area contributed by atoms with Gasteiger partial charge in [0.1, 0.15) is 5.75 Å². The molecule has 0 saturated carbocycles. The van der Waals surface area contributed by atoms with E-state index >= 15 is 0 Å². The van der Waals surface area contributed by atoms with Gasteiger partial charge >= 0.3 is 0 Å². The van der Waals surface area contributed by atoms with Gasteiger partial charge in [-0.2, -0.15) is 4.98 Å². The number of rotatable bonds is 4. The van der Waals surface area contributed by atoms with Crippen molar-refractivity contribution in [2.45, 2.75) is 46.1 Å². The monoisotopic (exact) mass is 260 g/mol. The average Bonchev–Trinajstić information content (AvgIpc) is 2.84. The van der Waals surface area contributed by atoms with Gasteiger partial charge in [0.15, 0.2) is 12.4 Å². The summed E-state index contributed by atoms with van der Waals surface area (Å²) in [6.45, 7) is 8.86. The fraction of sp³-hybridized carbons (Fsp3) is 0.467. The molecule has 0 spiro atoms. The maximum Gasteiger partial charge on any atom is 0.264 e. The molecule has 4 nitrogen and oxygen atoms in total. The lowest BCUT2D eigenvalue weighted by Gasteiger charge is -2.19. The second-order valence-electron chi connectivity index (χ2n) is 5.52. The molecule has 0 unspecified atom stereocenters. The summed E-state index contributed by atoms with van der Waals surface area (Å²) < 4.78 is 10.7. The third-order valence-corrected chi connectivity index (χ3v) is 2.91. The summed E-state index contributed by atoms with van der Waals surface area (Å²) in [7, 11) is 0. The second kappa shape index (κ2) is 5.43. The van der Waals surface area contributed by atoms with Gasteiger partial charge in [0, 0.05) is 6.42 Å². The SMILES string of the molecule is CCc1noc(COc2ccc(C(C)(C)C)cc2)n1. The molecule has 0 saturated heterocycles. The zero-order valence-electron chi connectivity index (χ0n) is 11.9. The first-order valence-electron chi connectivity index (χ1n) is 6.54. The molecule has 0 aliphatic heterocycles. The summed E-state index contributed by atoms with van der Waals surface area (Å²) in [5.74, 6) is 2.03. The minimum absolute atomic E-state index is 0.154. The second-order valence-corrected chi connectivity index (χ2v) is 5.52. The lowest BCUT2D eigenvalue weighted by Crippen LogP contribution is -2.10. The first kappa shape index (κ1) is 13.6. The quantitative estimate of drug-likeness (QED) is 0.844. The fourth-order valence-corrected chi connectivity index (χ4v) is 1.69. The largest absolute Gasteiger partial charge is 0.484 e. The van der Waals surface area contributed by atoms with E-state index in [0.29, 0.717) is 18.3 Å². The first-order valence-corrected chi connectivity index (χ1v) is 6.54. The Morgan fingerprint density at radius 1 is 1.16 bits per heavy atom. The van der Waals surface area contributed by atoms with Crippen LogP contribution in [0.1, 0.15) is 45.0 Å². The molecule has 102 valence electrons. The van der Waals surface area contributed by atoms with Crippen LogP contribution in [0.5, 0.6) is 5.75 Å². The minimum Gasteiger partial charge on any atom is -0.484 e. The highest BCUT2D eigenvalue weighted by atomic mass is 16.5. The van der Waals surface area contributed by atoms with Crippen LogP contribution in [0.2, 0.25) is 0 Å². The zero-order chi connectivity index (χ0) is 13.9. The van der Waals surface area contributed by atoms with Gasteiger partial charge in [-0.05, 0) is 23.1 Å². The van der Waals surface area contributed by atoms with Gasteiger partial charge in [-0.15, -0.1) is 0 Å². The highest BCUT2D eigenvalue weighted by molar-refractivity contribution is 5.31. The number of aryl methyl sites for hydroxylation is 1. The number of aromatic nitrogens is 2. The number of ether oxygens (including phenoxy) is 1. The van der Waals surface area contributed by atoms with Crippen LogP contribution in [-0.4, -0.2) is 10.1 Å². The van der Waals surface area contributed by atoms with Crippen LogP contribution in [0.15, 0.2) is 28.8 Å². The van der Waals surface area contributed by atoms with Crippen LogP contribution >= 0.6 is 0 Å². The molecule has 1 aromatic heterocycles. The minimum atomic E-state index is 0.154. The molecule has 19 heavy (non-hydrogen) atoms. The molecular formula is C15H20N2O2. The predicted octanol–water partition coefficient (Wildman–Crippen LogP) is 3.51. The maximum atomic E-state index is 5.62. The van der Waals surface area contributed by atoms with Crippen LogP contribution < -0.4 is 4.74 Å². The smallest absolute Gasteiger partial charge is 0.264 e. The van der Waals surface area contributed by atoms with Crippen molar-refractivity contribution in [3.8, 4) is 5.75 Å². The van der Waals surface area contributed by atoms with Crippen LogP contribution in [0.3, 0.4) is 0 Å². The summed E-state index contributed by atoms with van der Waals surface area (Å²) in [6.07, 6.45) is 0.768. The lowest BCUT2D eigenvalue weighted by molar-refractivity contribution is 0.242. The molecule has 1 aromatic carbocycles. The summed E-state index contributed by atoms with van der Waals surface area (Å²) in [4.78, 5) is 4.20. The Balaban J connectivity index is 1.96. The summed E-state index contributed by atoms with van der Waals surface area (Å²) in [5.41, 5.74) is 1.44. The highest BCUT2D eigenvalue weighted by Crippen LogP contribution is 2.24. The van der Waals surface area contributed by atoms with Crippen LogP contribution in [0, 0.1) is 0 Å². The number of nitrogens with zero attached hydrogens (tertiary/aromatic N) is 2. The molecule has 0 N–H and O–H groups in total. The molecule has 0 atom stereocenters. The summed E-state index contributed by atoms with van der Waals surface area (Å²) in [5, 5.41) is 3.83. The molecule has 2 rings (SSSR count). The van der Waals surface area contributed by atoms with E-state index < -0.39 is 0 Å². The first-order chi connectivity index (χ1) is 8.99. The van der Waals surface area contributed by atoms with Crippen molar-refractivity contribution in [3.63, 3.8) is 0 Å². The summed E-state index contributed by atoms with van der Waals surface area (Å²) in [6, 6.07) is 8.11. The Bertz CT molecular complexity index is 524. The van der Waals surface area contributed by atoms with E-state index in [1.54, 1.807) is 0 Å². The molecule has 1 heterocycles. The van der Waals surface area contributed by atoms with Gasteiger partial charge in [0.05, 0.1) is 0 Å². The van der Waals surface area contributed by atoms with Crippen molar-refractivity contribution < 1.29 is 9.26 Å². The van der Waals surface area contributed by atoms with Gasteiger partial charge < -0.3 is 9.26 Å². The molecule has 0 bridgehead atoms. The van der Waals surface area contributed by atoms with E-state index in [9.17, 15) is 0 Å².